The van der Waals surface area contributed by atoms with Crippen LogP contribution in [-0.4, -0.2) is 12.1 Å². The lowest BCUT2D eigenvalue weighted by Crippen LogP contribution is -2.17. The Kier molecular flexibility index (Phi) is 4.55. The van der Waals surface area contributed by atoms with Crippen LogP contribution in [0.2, 0.25) is 10.0 Å². The van der Waals surface area contributed by atoms with Gasteiger partial charge in [-0.1, -0.05) is 47.5 Å². The monoisotopic (exact) mass is 292 g/mol. The molecule has 0 fully saturated rings. The highest BCUT2D eigenvalue weighted by Crippen LogP contribution is 2.19. The van der Waals surface area contributed by atoms with E-state index in [-0.39, 0.29) is 5.91 Å². The van der Waals surface area contributed by atoms with Crippen LogP contribution in [0.25, 0.3) is 0 Å². The van der Waals surface area contributed by atoms with Crippen molar-refractivity contribution in [3.05, 3.63) is 69.7 Å². The molecule has 0 radical (unpaired) electrons. The first-order valence-electron chi connectivity index (χ1n) is 5.50. The molecule has 0 aromatic heterocycles. The largest absolute Gasteiger partial charge is 0.271 e. The number of hydrazone groups is 1. The van der Waals surface area contributed by atoms with Crippen LogP contribution in [0.15, 0.2) is 53.6 Å². The van der Waals surface area contributed by atoms with Gasteiger partial charge >= 0.3 is 0 Å². The first-order chi connectivity index (χ1) is 9.16. The van der Waals surface area contributed by atoms with E-state index in [1.165, 1.54) is 6.21 Å². The summed E-state index contributed by atoms with van der Waals surface area (Å²) in [6.07, 6.45) is 1.47. The maximum absolute atomic E-state index is 11.7. The Morgan fingerprint density at radius 2 is 1.84 bits per heavy atom. The van der Waals surface area contributed by atoms with Gasteiger partial charge in [0.1, 0.15) is 0 Å². The van der Waals surface area contributed by atoms with Gasteiger partial charge in [-0.25, -0.2) is 5.43 Å². The summed E-state index contributed by atoms with van der Waals surface area (Å²) < 4.78 is 0. The summed E-state index contributed by atoms with van der Waals surface area (Å²) in [5.74, 6) is -0.276. The smallest absolute Gasteiger partial charge is 0.267 e. The third kappa shape index (κ3) is 3.81. The van der Waals surface area contributed by atoms with Crippen LogP contribution in [0.1, 0.15) is 15.9 Å². The van der Waals surface area contributed by atoms with Crippen LogP contribution >= 0.6 is 23.2 Å². The zero-order valence-electron chi connectivity index (χ0n) is 9.81. The predicted molar refractivity (Wildman–Crippen MR) is 78.0 cm³/mol. The first-order valence-corrected chi connectivity index (χ1v) is 6.26. The van der Waals surface area contributed by atoms with Crippen molar-refractivity contribution in [2.24, 2.45) is 5.10 Å². The minimum atomic E-state index is -0.276. The SMILES string of the molecule is O=C(N/N=C/c1ccc(Cl)cc1Cl)c1ccccc1. The second-order valence-electron chi connectivity index (χ2n) is 3.73. The highest BCUT2D eigenvalue weighted by Gasteiger charge is 2.02. The summed E-state index contributed by atoms with van der Waals surface area (Å²) in [7, 11) is 0. The van der Waals surface area contributed by atoms with Gasteiger partial charge in [0.15, 0.2) is 0 Å². The Hall–Kier alpha value is -1.84. The average Bonchev–Trinajstić information content (AvgIpc) is 2.42. The maximum atomic E-state index is 11.7. The Morgan fingerprint density at radius 1 is 1.11 bits per heavy atom. The molecule has 0 unspecified atom stereocenters. The molecule has 2 rings (SSSR count). The Bertz CT molecular complexity index is 612. The number of carbonyl (C=O) groups is 1. The van der Waals surface area contributed by atoms with E-state index in [4.69, 9.17) is 23.2 Å². The van der Waals surface area contributed by atoms with E-state index in [2.05, 4.69) is 10.5 Å². The molecule has 3 nitrogen and oxygen atoms in total. The number of nitrogens with one attached hydrogen (secondary N) is 1. The molecule has 0 aliphatic carbocycles. The van der Waals surface area contributed by atoms with Gasteiger partial charge in [-0.05, 0) is 24.3 Å². The number of benzene rings is 2. The lowest BCUT2D eigenvalue weighted by Gasteiger charge is -2.00. The molecular weight excluding hydrogens is 283 g/mol. The van der Waals surface area contributed by atoms with Gasteiger partial charge in [0, 0.05) is 16.1 Å². The molecule has 0 aliphatic heterocycles. The second kappa shape index (κ2) is 6.36. The normalized spacial score (nSPS) is 10.6. The third-order valence-corrected chi connectivity index (χ3v) is 2.93. The van der Waals surface area contributed by atoms with Crippen molar-refractivity contribution in [3.63, 3.8) is 0 Å². The second-order valence-corrected chi connectivity index (χ2v) is 4.57. The zero-order chi connectivity index (χ0) is 13.7. The van der Waals surface area contributed by atoms with E-state index >= 15 is 0 Å². The molecular formula is C14H10Cl2N2O. The summed E-state index contributed by atoms with van der Waals surface area (Å²) in [6, 6.07) is 13.9. The molecule has 0 spiro atoms. The third-order valence-electron chi connectivity index (χ3n) is 2.37. The van der Waals surface area contributed by atoms with Gasteiger partial charge in [-0.3, -0.25) is 4.79 Å². The molecule has 0 saturated carbocycles. The fourth-order valence-corrected chi connectivity index (χ4v) is 1.88. The van der Waals surface area contributed by atoms with E-state index < -0.39 is 0 Å². The average molecular weight is 293 g/mol. The molecule has 2 aromatic rings. The van der Waals surface area contributed by atoms with Crippen LogP contribution in [0.4, 0.5) is 0 Å². The van der Waals surface area contributed by atoms with Crippen molar-refractivity contribution in [3.8, 4) is 0 Å². The molecule has 5 heteroatoms. The number of amides is 1. The molecule has 96 valence electrons. The predicted octanol–water partition coefficient (Wildman–Crippen LogP) is 3.76. The molecule has 0 saturated heterocycles. The fourth-order valence-electron chi connectivity index (χ4n) is 1.42. The number of hydrogen-bond acceptors (Lipinski definition) is 2. The number of carbonyl (C=O) groups excluding carboxylic acids is 1. The number of rotatable bonds is 3. The van der Waals surface area contributed by atoms with Crippen LogP contribution in [0.5, 0.6) is 0 Å². The minimum absolute atomic E-state index is 0.276. The van der Waals surface area contributed by atoms with E-state index in [9.17, 15) is 4.79 Å². The van der Waals surface area contributed by atoms with E-state index in [0.29, 0.717) is 21.2 Å². The van der Waals surface area contributed by atoms with Gasteiger partial charge in [0.25, 0.3) is 5.91 Å². The van der Waals surface area contributed by atoms with Crippen molar-refractivity contribution in [2.45, 2.75) is 0 Å². The van der Waals surface area contributed by atoms with Gasteiger partial charge in [0.2, 0.25) is 0 Å². The molecule has 19 heavy (non-hydrogen) atoms. The van der Waals surface area contributed by atoms with Crippen molar-refractivity contribution in [2.75, 3.05) is 0 Å². The summed E-state index contributed by atoms with van der Waals surface area (Å²) in [4.78, 5) is 11.7. The lowest BCUT2D eigenvalue weighted by molar-refractivity contribution is 0.0955. The minimum Gasteiger partial charge on any atom is -0.267 e. The summed E-state index contributed by atoms with van der Waals surface area (Å²) in [5, 5.41) is 4.88. The Labute approximate surface area is 120 Å². The zero-order valence-corrected chi connectivity index (χ0v) is 11.3. The maximum Gasteiger partial charge on any atom is 0.271 e. The number of hydrogen-bond donors (Lipinski definition) is 1. The topological polar surface area (TPSA) is 41.5 Å². The molecule has 1 N–H and O–H groups in total. The molecule has 2 aromatic carbocycles. The van der Waals surface area contributed by atoms with E-state index in [1.807, 2.05) is 6.07 Å². The van der Waals surface area contributed by atoms with Gasteiger partial charge < -0.3 is 0 Å². The fraction of sp³-hybridized carbons (Fsp3) is 0. The van der Waals surface area contributed by atoms with E-state index in [0.717, 1.165) is 0 Å². The molecule has 0 heterocycles. The Balaban J connectivity index is 2.02. The number of nitrogens with zero attached hydrogens (tertiary/aromatic N) is 1. The highest BCUT2D eigenvalue weighted by atomic mass is 35.5. The standard InChI is InChI=1S/C14H10Cl2N2O/c15-12-7-6-11(13(16)8-12)9-17-18-14(19)10-4-2-1-3-5-10/h1-9H,(H,18,19)/b17-9+. The van der Waals surface area contributed by atoms with Gasteiger partial charge in [-0.2, -0.15) is 5.10 Å². The Morgan fingerprint density at radius 3 is 2.53 bits per heavy atom. The molecule has 0 bridgehead atoms. The summed E-state index contributed by atoms with van der Waals surface area (Å²) in [5.41, 5.74) is 3.65. The van der Waals surface area contributed by atoms with Crippen LogP contribution < -0.4 is 5.43 Å². The molecule has 1 amide bonds. The van der Waals surface area contributed by atoms with Crippen LogP contribution in [-0.2, 0) is 0 Å². The van der Waals surface area contributed by atoms with Crippen molar-refractivity contribution in [1.82, 2.24) is 5.43 Å². The van der Waals surface area contributed by atoms with Crippen molar-refractivity contribution < 1.29 is 4.79 Å². The van der Waals surface area contributed by atoms with Gasteiger partial charge in [-0.15, -0.1) is 0 Å². The number of halogens is 2. The quantitative estimate of drug-likeness (QED) is 0.679. The summed E-state index contributed by atoms with van der Waals surface area (Å²) >= 11 is 11.8. The molecule has 0 aliphatic rings. The van der Waals surface area contributed by atoms with E-state index in [1.54, 1.807) is 42.5 Å². The molecule has 0 atom stereocenters. The highest BCUT2D eigenvalue weighted by molar-refractivity contribution is 6.36. The summed E-state index contributed by atoms with van der Waals surface area (Å²) in [6.45, 7) is 0. The van der Waals surface area contributed by atoms with Crippen LogP contribution in [0, 0.1) is 0 Å². The van der Waals surface area contributed by atoms with Gasteiger partial charge in [0.05, 0.1) is 11.2 Å². The first kappa shape index (κ1) is 13.6. The van der Waals surface area contributed by atoms with Crippen molar-refractivity contribution in [1.29, 1.82) is 0 Å². The van der Waals surface area contributed by atoms with Crippen LogP contribution in [0.3, 0.4) is 0 Å². The van der Waals surface area contributed by atoms with Crippen molar-refractivity contribution >= 4 is 35.3 Å². The lowest BCUT2D eigenvalue weighted by atomic mass is 10.2.